The first-order chi connectivity index (χ1) is 9.97. The SMILES string of the molecule is COc1cccc(OC)c1Pc1ccccc1S(=O)(=O)O. The molecule has 1 atom stereocenters. The first kappa shape index (κ1) is 15.8. The minimum absolute atomic E-state index is 0.0288. The van der Waals surface area contributed by atoms with Crippen LogP contribution >= 0.6 is 8.58 Å². The Morgan fingerprint density at radius 2 is 1.52 bits per heavy atom. The minimum Gasteiger partial charge on any atom is -0.496 e. The lowest BCUT2D eigenvalue weighted by Gasteiger charge is -2.14. The van der Waals surface area contributed by atoms with Crippen LogP contribution in [-0.4, -0.2) is 27.2 Å². The van der Waals surface area contributed by atoms with Crippen molar-refractivity contribution in [1.29, 1.82) is 0 Å². The summed E-state index contributed by atoms with van der Waals surface area (Å²) in [6.07, 6.45) is 0. The maximum atomic E-state index is 11.5. The topological polar surface area (TPSA) is 72.8 Å². The molecule has 5 nitrogen and oxygen atoms in total. The van der Waals surface area contributed by atoms with Crippen molar-refractivity contribution >= 4 is 29.3 Å². The van der Waals surface area contributed by atoms with Crippen molar-refractivity contribution in [3.63, 3.8) is 0 Å². The molecule has 0 heterocycles. The molecule has 0 aliphatic heterocycles. The summed E-state index contributed by atoms with van der Waals surface area (Å²) in [5, 5.41) is 1.25. The number of benzene rings is 2. The lowest BCUT2D eigenvalue weighted by molar-refractivity contribution is 0.401. The second kappa shape index (κ2) is 6.43. The van der Waals surface area contributed by atoms with Crippen LogP contribution in [0.3, 0.4) is 0 Å². The molecule has 112 valence electrons. The van der Waals surface area contributed by atoms with Gasteiger partial charge in [-0.1, -0.05) is 24.3 Å². The molecule has 0 bridgehead atoms. The van der Waals surface area contributed by atoms with Crippen LogP contribution in [0.15, 0.2) is 47.4 Å². The number of methoxy groups -OCH3 is 2. The van der Waals surface area contributed by atoms with Crippen molar-refractivity contribution < 1.29 is 22.4 Å². The van der Waals surface area contributed by atoms with E-state index in [9.17, 15) is 13.0 Å². The molecule has 7 heteroatoms. The summed E-state index contributed by atoms with van der Waals surface area (Å²) in [4.78, 5) is -0.101. The van der Waals surface area contributed by atoms with Crippen LogP contribution in [0.5, 0.6) is 11.5 Å². The number of rotatable bonds is 5. The highest BCUT2D eigenvalue weighted by Crippen LogP contribution is 2.28. The highest BCUT2D eigenvalue weighted by molar-refractivity contribution is 7.86. The second-order valence-corrected chi connectivity index (χ2v) is 6.81. The second-order valence-electron chi connectivity index (χ2n) is 4.13. The lowest BCUT2D eigenvalue weighted by Crippen LogP contribution is -2.15. The van der Waals surface area contributed by atoms with E-state index >= 15 is 0 Å². The molecule has 2 rings (SSSR count). The van der Waals surface area contributed by atoms with Crippen LogP contribution in [0, 0.1) is 0 Å². The maximum absolute atomic E-state index is 11.5. The van der Waals surface area contributed by atoms with Crippen molar-refractivity contribution in [1.82, 2.24) is 0 Å². The predicted octanol–water partition coefficient (Wildman–Crippen LogP) is 1.58. The first-order valence-corrected chi connectivity index (χ1v) is 8.46. The molecule has 0 radical (unpaired) electrons. The molecular weight excluding hydrogens is 311 g/mol. The number of ether oxygens (including phenoxy) is 2. The zero-order valence-electron chi connectivity index (χ0n) is 11.5. The standard InChI is InChI=1S/C14H15O5PS/c1-18-10-6-5-7-11(19-2)14(10)20-12-8-3-4-9-13(12)21(15,16)17/h3-9,20H,1-2H3,(H,15,16,17). The summed E-state index contributed by atoms with van der Waals surface area (Å²) in [6, 6.07) is 11.7. The highest BCUT2D eigenvalue weighted by Gasteiger charge is 2.18. The van der Waals surface area contributed by atoms with Crippen molar-refractivity contribution in [2.75, 3.05) is 14.2 Å². The summed E-state index contributed by atoms with van der Waals surface area (Å²) in [7, 11) is -1.22. The van der Waals surface area contributed by atoms with Crippen LogP contribution < -0.4 is 20.1 Å². The Morgan fingerprint density at radius 3 is 2.05 bits per heavy atom. The fourth-order valence-electron chi connectivity index (χ4n) is 1.90. The van der Waals surface area contributed by atoms with E-state index in [0.29, 0.717) is 16.8 Å². The zero-order valence-corrected chi connectivity index (χ0v) is 13.3. The maximum Gasteiger partial charge on any atom is 0.295 e. The molecule has 0 saturated carbocycles. The van der Waals surface area contributed by atoms with Gasteiger partial charge < -0.3 is 9.47 Å². The van der Waals surface area contributed by atoms with Crippen molar-refractivity contribution in [3.05, 3.63) is 42.5 Å². The fraction of sp³-hybridized carbons (Fsp3) is 0.143. The van der Waals surface area contributed by atoms with Gasteiger partial charge in [0.15, 0.2) is 0 Å². The number of hydrogen-bond acceptors (Lipinski definition) is 4. The smallest absolute Gasteiger partial charge is 0.295 e. The van der Waals surface area contributed by atoms with Crippen molar-refractivity contribution in [3.8, 4) is 11.5 Å². The van der Waals surface area contributed by atoms with Crippen molar-refractivity contribution in [2.24, 2.45) is 0 Å². The molecule has 0 aromatic heterocycles. The summed E-state index contributed by atoms with van der Waals surface area (Å²) in [6.45, 7) is 0. The van der Waals surface area contributed by atoms with E-state index in [-0.39, 0.29) is 13.5 Å². The molecule has 2 aromatic rings. The fourth-order valence-corrected chi connectivity index (χ4v) is 4.31. The van der Waals surface area contributed by atoms with E-state index in [1.165, 1.54) is 20.3 Å². The van der Waals surface area contributed by atoms with Crippen LogP contribution in [0.1, 0.15) is 0 Å². The van der Waals surface area contributed by atoms with Gasteiger partial charge >= 0.3 is 0 Å². The normalized spacial score (nSPS) is 11.8. The molecule has 0 fully saturated rings. The molecule has 0 aliphatic rings. The molecule has 0 saturated heterocycles. The average Bonchev–Trinajstić information content (AvgIpc) is 2.47. The summed E-state index contributed by atoms with van der Waals surface area (Å²) in [5.41, 5.74) is 0. The van der Waals surface area contributed by atoms with Gasteiger partial charge in [0.05, 0.1) is 19.5 Å². The molecule has 21 heavy (non-hydrogen) atoms. The van der Waals surface area contributed by atoms with Gasteiger partial charge in [-0.25, -0.2) is 0 Å². The predicted molar refractivity (Wildman–Crippen MR) is 83.4 cm³/mol. The largest absolute Gasteiger partial charge is 0.496 e. The Labute approximate surface area is 125 Å². The third-order valence-electron chi connectivity index (χ3n) is 2.85. The molecule has 2 aromatic carbocycles. The van der Waals surface area contributed by atoms with Crippen LogP contribution in [0.25, 0.3) is 0 Å². The Kier molecular flexibility index (Phi) is 4.83. The van der Waals surface area contributed by atoms with E-state index in [0.717, 1.165) is 5.30 Å². The van der Waals surface area contributed by atoms with Crippen LogP contribution in [0.4, 0.5) is 0 Å². The average molecular weight is 326 g/mol. The lowest BCUT2D eigenvalue weighted by atomic mass is 10.3. The molecule has 1 N–H and O–H groups in total. The quantitative estimate of drug-likeness (QED) is 0.667. The zero-order chi connectivity index (χ0) is 15.5. The molecule has 0 amide bonds. The summed E-state index contributed by atoms with van der Waals surface area (Å²) >= 11 is 0. The molecular formula is C14H15O5PS. The van der Waals surface area contributed by atoms with Gasteiger partial charge in [0.1, 0.15) is 16.4 Å². The molecule has 0 spiro atoms. The van der Waals surface area contributed by atoms with E-state index in [2.05, 4.69) is 0 Å². The van der Waals surface area contributed by atoms with Gasteiger partial charge in [-0.2, -0.15) is 8.42 Å². The Bertz CT molecular complexity index is 721. The molecule has 1 unspecified atom stereocenters. The van der Waals surface area contributed by atoms with Gasteiger partial charge in [-0.3, -0.25) is 4.55 Å². The third kappa shape index (κ3) is 3.53. The van der Waals surface area contributed by atoms with Gasteiger partial charge in [0, 0.05) is 0 Å². The Balaban J connectivity index is 2.54. The van der Waals surface area contributed by atoms with Crippen LogP contribution in [-0.2, 0) is 10.1 Å². The monoisotopic (exact) mass is 326 g/mol. The van der Waals surface area contributed by atoms with E-state index in [1.54, 1.807) is 36.4 Å². The third-order valence-corrected chi connectivity index (χ3v) is 5.39. The van der Waals surface area contributed by atoms with Crippen molar-refractivity contribution in [2.45, 2.75) is 4.90 Å². The number of hydrogen-bond donors (Lipinski definition) is 1. The summed E-state index contributed by atoms with van der Waals surface area (Å²) < 4.78 is 42.8. The minimum atomic E-state index is -4.27. The van der Waals surface area contributed by atoms with Gasteiger partial charge in [0.25, 0.3) is 10.1 Å². The Hall–Kier alpha value is -1.62. The Morgan fingerprint density at radius 1 is 0.952 bits per heavy atom. The van der Waals surface area contributed by atoms with E-state index in [4.69, 9.17) is 9.47 Å². The molecule has 0 aliphatic carbocycles. The van der Waals surface area contributed by atoms with Gasteiger partial charge in [-0.05, 0) is 32.1 Å². The summed E-state index contributed by atoms with van der Waals surface area (Å²) in [5.74, 6) is 1.22. The first-order valence-electron chi connectivity index (χ1n) is 6.02. The van der Waals surface area contributed by atoms with Crippen LogP contribution in [0.2, 0.25) is 0 Å². The highest BCUT2D eigenvalue weighted by atomic mass is 32.2. The van der Waals surface area contributed by atoms with Gasteiger partial charge in [0.2, 0.25) is 0 Å². The van der Waals surface area contributed by atoms with Gasteiger partial charge in [-0.15, -0.1) is 0 Å². The van der Waals surface area contributed by atoms with E-state index in [1.807, 2.05) is 0 Å². The van der Waals surface area contributed by atoms with E-state index < -0.39 is 10.1 Å².